The molecule has 0 atom stereocenters. The van der Waals surface area contributed by atoms with Gasteiger partial charge in [0.05, 0.1) is 6.42 Å². The van der Waals surface area contributed by atoms with Gasteiger partial charge in [-0.1, -0.05) is 6.92 Å². The van der Waals surface area contributed by atoms with E-state index in [4.69, 9.17) is 5.11 Å². The van der Waals surface area contributed by atoms with Crippen LogP contribution in [-0.4, -0.2) is 43.1 Å². The van der Waals surface area contributed by atoms with Gasteiger partial charge in [0.2, 0.25) is 10.0 Å². The van der Waals surface area contributed by atoms with E-state index in [9.17, 15) is 26.4 Å². The van der Waals surface area contributed by atoms with Gasteiger partial charge in [0.15, 0.2) is 0 Å². The first kappa shape index (κ1) is 17.9. The smallest absolute Gasteiger partial charge is 0.390 e. The molecule has 1 N–H and O–H groups in total. The molecule has 1 aromatic heterocycles. The molecule has 0 aliphatic rings. The van der Waals surface area contributed by atoms with Crippen molar-refractivity contribution in [2.45, 2.75) is 31.3 Å². The van der Waals surface area contributed by atoms with Crippen molar-refractivity contribution in [3.63, 3.8) is 0 Å². The summed E-state index contributed by atoms with van der Waals surface area (Å²) in [6.07, 6.45) is -5.77. The number of sulfonamides is 1. The molecule has 21 heavy (non-hydrogen) atoms. The van der Waals surface area contributed by atoms with Crippen LogP contribution < -0.4 is 0 Å². The van der Waals surface area contributed by atoms with Gasteiger partial charge >= 0.3 is 12.1 Å². The summed E-state index contributed by atoms with van der Waals surface area (Å²) in [6, 6.07) is 0. The minimum absolute atomic E-state index is 0.174. The van der Waals surface area contributed by atoms with Crippen molar-refractivity contribution in [2.75, 3.05) is 13.1 Å². The molecule has 0 fully saturated rings. The Morgan fingerprint density at radius 3 is 2.43 bits per heavy atom. The van der Waals surface area contributed by atoms with Crippen LogP contribution in [0.15, 0.2) is 10.3 Å². The Kier molecular flexibility index (Phi) is 5.40. The van der Waals surface area contributed by atoms with Crippen LogP contribution in [0.25, 0.3) is 0 Å². The van der Waals surface area contributed by atoms with Gasteiger partial charge in [-0.3, -0.25) is 0 Å². The summed E-state index contributed by atoms with van der Waals surface area (Å²) >= 11 is 0.735. The van der Waals surface area contributed by atoms with E-state index in [1.807, 2.05) is 0 Å². The summed E-state index contributed by atoms with van der Waals surface area (Å²) in [6.45, 7) is 1.90. The Labute approximate surface area is 124 Å². The molecule has 10 heteroatoms. The Hall–Kier alpha value is -1.13. The number of hydrogen-bond acceptors (Lipinski definition) is 4. The fourth-order valence-corrected chi connectivity index (χ4v) is 4.76. The van der Waals surface area contributed by atoms with E-state index in [2.05, 4.69) is 0 Å². The summed E-state index contributed by atoms with van der Waals surface area (Å²) in [5, 5.41) is 10.4. The van der Waals surface area contributed by atoms with Crippen LogP contribution in [0, 0.1) is 6.92 Å². The molecule has 0 saturated carbocycles. The number of aromatic carboxylic acids is 1. The third kappa shape index (κ3) is 4.17. The van der Waals surface area contributed by atoms with Crippen LogP contribution >= 0.6 is 11.3 Å². The molecule has 1 rings (SSSR count). The minimum atomic E-state index is -4.48. The zero-order valence-corrected chi connectivity index (χ0v) is 12.9. The first-order valence-corrected chi connectivity index (χ1v) is 8.21. The van der Waals surface area contributed by atoms with Crippen molar-refractivity contribution in [3.8, 4) is 0 Å². The number of carbonyl (C=O) groups is 1. The zero-order valence-electron chi connectivity index (χ0n) is 11.3. The van der Waals surface area contributed by atoms with Gasteiger partial charge in [-0.2, -0.15) is 17.5 Å². The monoisotopic (exact) mass is 345 g/mol. The number of aryl methyl sites for hydroxylation is 1. The van der Waals surface area contributed by atoms with E-state index in [0.717, 1.165) is 11.3 Å². The number of halogens is 3. The lowest BCUT2D eigenvalue weighted by atomic mass is 10.3. The maximum Gasteiger partial charge on any atom is 0.390 e. The molecule has 0 saturated heterocycles. The fraction of sp³-hybridized carbons (Fsp3) is 0.545. The van der Waals surface area contributed by atoms with E-state index >= 15 is 0 Å². The van der Waals surface area contributed by atoms with Crippen LogP contribution in [0.4, 0.5) is 13.2 Å². The Bertz CT molecular complexity index is 622. The molecular weight excluding hydrogens is 331 g/mol. The second-order valence-corrected chi connectivity index (χ2v) is 7.00. The van der Waals surface area contributed by atoms with Gasteiger partial charge in [0.25, 0.3) is 0 Å². The maximum absolute atomic E-state index is 12.4. The van der Waals surface area contributed by atoms with E-state index in [1.165, 1.54) is 19.2 Å². The molecule has 1 aromatic rings. The molecule has 120 valence electrons. The fourth-order valence-electron chi connectivity index (χ4n) is 1.73. The van der Waals surface area contributed by atoms with Crippen LogP contribution in [0.5, 0.6) is 0 Å². The van der Waals surface area contributed by atoms with Crippen LogP contribution in [-0.2, 0) is 10.0 Å². The number of thiophene rings is 1. The van der Waals surface area contributed by atoms with Crippen molar-refractivity contribution in [2.24, 2.45) is 0 Å². The number of rotatable bonds is 6. The third-order valence-electron chi connectivity index (χ3n) is 2.71. The molecule has 0 aromatic carbocycles. The molecule has 0 aliphatic carbocycles. The molecule has 0 amide bonds. The number of carboxylic acid groups (broad SMARTS) is 1. The highest BCUT2D eigenvalue weighted by Crippen LogP contribution is 2.30. The molecule has 0 unspecified atom stereocenters. The largest absolute Gasteiger partial charge is 0.477 e. The minimum Gasteiger partial charge on any atom is -0.477 e. The van der Waals surface area contributed by atoms with Crippen molar-refractivity contribution in [1.82, 2.24) is 4.31 Å². The van der Waals surface area contributed by atoms with Gasteiger partial charge in [-0.05, 0) is 17.9 Å². The average molecular weight is 345 g/mol. The number of nitrogens with zero attached hydrogens (tertiary/aromatic N) is 1. The van der Waals surface area contributed by atoms with Gasteiger partial charge in [-0.25, -0.2) is 13.2 Å². The summed E-state index contributed by atoms with van der Waals surface area (Å²) in [5.74, 6) is -1.42. The normalized spacial score (nSPS) is 12.9. The number of hydrogen-bond donors (Lipinski definition) is 1. The molecular formula is C11H14F3NO4S2. The lowest BCUT2D eigenvalue weighted by molar-refractivity contribution is -0.135. The van der Waals surface area contributed by atoms with E-state index in [-0.39, 0.29) is 12.1 Å². The molecule has 5 nitrogen and oxygen atoms in total. The highest BCUT2D eigenvalue weighted by Gasteiger charge is 2.34. The van der Waals surface area contributed by atoms with Gasteiger partial charge in [-0.15, -0.1) is 11.3 Å². The maximum atomic E-state index is 12.4. The summed E-state index contributed by atoms with van der Waals surface area (Å²) in [7, 11) is -4.27. The Morgan fingerprint density at radius 2 is 2.00 bits per heavy atom. The zero-order chi connectivity index (χ0) is 16.4. The summed E-state index contributed by atoms with van der Waals surface area (Å²) < 4.78 is 62.2. The number of carboxylic acids is 1. The quantitative estimate of drug-likeness (QED) is 0.860. The molecule has 0 spiro atoms. The highest BCUT2D eigenvalue weighted by atomic mass is 32.2. The second kappa shape index (κ2) is 6.32. The van der Waals surface area contributed by atoms with Gasteiger partial charge < -0.3 is 5.11 Å². The number of alkyl halides is 3. The van der Waals surface area contributed by atoms with Crippen molar-refractivity contribution >= 4 is 27.3 Å². The average Bonchev–Trinajstić information content (AvgIpc) is 2.70. The summed E-state index contributed by atoms with van der Waals surface area (Å²) in [4.78, 5) is 10.2. The first-order valence-electron chi connectivity index (χ1n) is 5.89. The van der Waals surface area contributed by atoms with E-state index < -0.39 is 44.9 Å². The van der Waals surface area contributed by atoms with Gasteiger partial charge in [0.1, 0.15) is 9.77 Å². The SMILES string of the molecule is CCN(CCC(F)(F)F)S(=O)(=O)c1c(C)csc1C(=O)O. The summed E-state index contributed by atoms with van der Waals surface area (Å²) in [5.41, 5.74) is 0.211. The van der Waals surface area contributed by atoms with Gasteiger partial charge in [0, 0.05) is 13.1 Å². The Balaban J connectivity index is 3.20. The first-order chi connectivity index (χ1) is 9.50. The standard InChI is InChI=1S/C11H14F3NO4S2/c1-3-15(5-4-11(12,13)14)21(18,19)9-7(2)6-20-8(9)10(16)17/h6H,3-5H2,1-2H3,(H,16,17). The molecule has 0 aliphatic heterocycles. The van der Waals surface area contributed by atoms with Crippen LogP contribution in [0.1, 0.15) is 28.6 Å². The Morgan fingerprint density at radius 1 is 1.43 bits per heavy atom. The molecule has 0 bridgehead atoms. The predicted octanol–water partition coefficient (Wildman–Crippen LogP) is 2.72. The lowest BCUT2D eigenvalue weighted by Gasteiger charge is -2.21. The van der Waals surface area contributed by atoms with E-state index in [1.54, 1.807) is 0 Å². The third-order valence-corrected chi connectivity index (χ3v) is 6.09. The van der Waals surface area contributed by atoms with Crippen molar-refractivity contribution < 1.29 is 31.5 Å². The lowest BCUT2D eigenvalue weighted by Crippen LogP contribution is -2.34. The highest BCUT2D eigenvalue weighted by molar-refractivity contribution is 7.89. The van der Waals surface area contributed by atoms with Crippen molar-refractivity contribution in [1.29, 1.82) is 0 Å². The van der Waals surface area contributed by atoms with Crippen LogP contribution in [0.2, 0.25) is 0 Å². The predicted molar refractivity (Wildman–Crippen MR) is 71.1 cm³/mol. The molecule has 1 heterocycles. The van der Waals surface area contributed by atoms with E-state index in [0.29, 0.717) is 4.31 Å². The topological polar surface area (TPSA) is 74.7 Å². The second-order valence-electron chi connectivity index (χ2n) is 4.24. The van der Waals surface area contributed by atoms with Crippen molar-refractivity contribution in [3.05, 3.63) is 15.8 Å². The molecule has 0 radical (unpaired) electrons. The van der Waals surface area contributed by atoms with Crippen LogP contribution in [0.3, 0.4) is 0 Å².